The molecule has 2 aliphatic rings. The van der Waals surface area contributed by atoms with E-state index in [1.165, 1.54) is 12.1 Å². The van der Waals surface area contributed by atoms with Crippen molar-refractivity contribution in [2.75, 3.05) is 29.5 Å². The number of fused-ring (bicyclic) bond motifs is 2. The number of anilines is 1. The van der Waals surface area contributed by atoms with E-state index in [-0.39, 0.29) is 28.9 Å². The maximum absolute atomic E-state index is 12.2. The number of nitrogens with zero attached hydrogens (tertiary/aromatic N) is 2. The number of unbranched alkanes of at least 4 members (excludes halogenated alkanes) is 3. The molecule has 0 aromatic heterocycles. The third-order valence-corrected chi connectivity index (χ3v) is 12.9. The van der Waals surface area contributed by atoms with Crippen LogP contribution in [0.15, 0.2) is 71.3 Å². The van der Waals surface area contributed by atoms with Gasteiger partial charge >= 0.3 is 5.97 Å². The van der Waals surface area contributed by atoms with Gasteiger partial charge in [-0.15, -0.1) is 0 Å². The molecule has 4 rings (SSSR count). The Morgan fingerprint density at radius 3 is 2.07 bits per heavy atom. The summed E-state index contributed by atoms with van der Waals surface area (Å²) in [5, 5.41) is 9.25. The van der Waals surface area contributed by atoms with Gasteiger partial charge in [0.15, 0.2) is 5.71 Å². The lowest BCUT2D eigenvalue weighted by molar-refractivity contribution is -0.438. The van der Waals surface area contributed by atoms with E-state index in [0.29, 0.717) is 62.9 Å². The Labute approximate surface area is 325 Å². The first kappa shape index (κ1) is 44.0. The van der Waals surface area contributed by atoms with Crippen molar-refractivity contribution >= 4 is 53.4 Å². The molecular weight excluding hydrogens is 769 g/mol. The normalized spacial score (nSPS) is 19.3. The van der Waals surface area contributed by atoms with Crippen LogP contribution in [-0.2, 0) is 46.0 Å². The smallest absolute Gasteiger partial charge is 0.303 e. The maximum atomic E-state index is 12.2. The number of carboxylic acid groups (broad SMARTS) is 1. The minimum atomic E-state index is -4.55. The van der Waals surface area contributed by atoms with E-state index in [0.717, 1.165) is 33.8 Å². The molecule has 4 N–H and O–H groups in total. The summed E-state index contributed by atoms with van der Waals surface area (Å²) < 4.78 is 101. The molecule has 0 bridgehead atoms. The van der Waals surface area contributed by atoms with Crippen LogP contribution in [0.25, 0.3) is 0 Å². The highest BCUT2D eigenvalue weighted by molar-refractivity contribution is 7.86. The van der Waals surface area contributed by atoms with Gasteiger partial charge in [0.1, 0.15) is 6.54 Å². The predicted molar refractivity (Wildman–Crippen MR) is 213 cm³/mol. The van der Waals surface area contributed by atoms with E-state index in [9.17, 15) is 48.8 Å². The molecule has 0 fully saturated rings. The molecule has 16 heteroatoms. The number of benzene rings is 2. The van der Waals surface area contributed by atoms with Crippen molar-refractivity contribution in [1.82, 2.24) is 0 Å². The lowest BCUT2D eigenvalue weighted by atomic mass is 9.77. The highest BCUT2D eigenvalue weighted by atomic mass is 32.2. The van der Waals surface area contributed by atoms with Crippen LogP contribution in [0.3, 0.4) is 0 Å². The molecule has 2 aliphatic heterocycles. The lowest BCUT2D eigenvalue weighted by Crippen LogP contribution is -2.29. The average molecular weight is 822 g/mol. The fourth-order valence-corrected chi connectivity index (χ4v) is 9.48. The SMILES string of the molecule is Cc1cc(C)c2c(c1)C(C)(C)C(/C=C/C=C/C=C1/N(CCCCS(=O)(=O)O)c3ccc(S(=O)(=O)O)cc3C1(C)CCCCC(=O)O)=[N+]2CCCCS(=O)(=O)O. The van der Waals surface area contributed by atoms with Gasteiger partial charge in [0, 0.05) is 53.4 Å². The zero-order valence-electron chi connectivity index (χ0n) is 32.0. The Balaban J connectivity index is 1.75. The molecule has 2 heterocycles. The second kappa shape index (κ2) is 17.2. The van der Waals surface area contributed by atoms with Crippen molar-refractivity contribution in [1.29, 1.82) is 0 Å². The van der Waals surface area contributed by atoms with Gasteiger partial charge in [-0.25, -0.2) is 0 Å². The van der Waals surface area contributed by atoms with Crippen LogP contribution in [0.1, 0.15) is 94.4 Å². The second-order valence-corrected chi connectivity index (χ2v) is 19.7. The largest absolute Gasteiger partial charge is 0.481 e. The monoisotopic (exact) mass is 821 g/mol. The molecule has 2 aromatic rings. The topological polar surface area (TPSA) is 207 Å². The molecule has 0 amide bonds. The fraction of sp³-hybridized carbons (Fsp3) is 0.487. The van der Waals surface area contributed by atoms with E-state index in [2.05, 4.69) is 37.5 Å². The van der Waals surface area contributed by atoms with Crippen molar-refractivity contribution in [3.63, 3.8) is 0 Å². The molecule has 302 valence electrons. The van der Waals surface area contributed by atoms with Crippen molar-refractivity contribution in [3.05, 3.63) is 88.7 Å². The minimum Gasteiger partial charge on any atom is -0.481 e. The predicted octanol–water partition coefficient (Wildman–Crippen LogP) is 6.68. The summed E-state index contributed by atoms with van der Waals surface area (Å²) in [5.41, 5.74) is 6.33. The van der Waals surface area contributed by atoms with Crippen LogP contribution in [0.5, 0.6) is 0 Å². The summed E-state index contributed by atoms with van der Waals surface area (Å²) in [4.78, 5) is 13.0. The van der Waals surface area contributed by atoms with Crippen LogP contribution in [0, 0.1) is 13.8 Å². The highest BCUT2D eigenvalue weighted by Gasteiger charge is 2.46. The zero-order chi connectivity index (χ0) is 41.0. The van der Waals surface area contributed by atoms with Crippen LogP contribution in [0.4, 0.5) is 11.4 Å². The quantitative estimate of drug-likeness (QED) is 0.0507. The average Bonchev–Trinajstić information content (AvgIpc) is 3.41. The number of carboxylic acids is 1. The Bertz CT molecular complexity index is 2260. The Kier molecular flexibility index (Phi) is 13.8. The standard InChI is InChI=1S/C39H52N2O11S3/c1-28-25-29(2)37-32(26-28)38(3,4)34(41(37)22-12-14-24-54(47,48)49)15-7-6-8-16-35-39(5,20-10-9-17-36(42)43)31-27-30(55(50,51)52)18-19-33(31)40(35)21-11-13-23-53(44,45)46/h6-8,15-16,18-19,25-27H,9-14,17,20-24H2,1-5H3,(H3-,42,43,44,45,46,47,48,49,50,51,52)/p+1. The van der Waals surface area contributed by atoms with Crippen molar-refractivity contribution < 1.29 is 53.4 Å². The van der Waals surface area contributed by atoms with Gasteiger partial charge in [0.2, 0.25) is 5.69 Å². The number of aliphatic carboxylic acids is 1. The zero-order valence-corrected chi connectivity index (χ0v) is 34.5. The van der Waals surface area contributed by atoms with Gasteiger partial charge in [0.05, 0.1) is 21.8 Å². The van der Waals surface area contributed by atoms with Crippen molar-refractivity contribution in [2.24, 2.45) is 0 Å². The third kappa shape index (κ3) is 11.0. The maximum Gasteiger partial charge on any atom is 0.303 e. The van der Waals surface area contributed by atoms with E-state index in [1.807, 2.05) is 49.1 Å². The van der Waals surface area contributed by atoms with E-state index >= 15 is 0 Å². The molecule has 2 aromatic carbocycles. The van der Waals surface area contributed by atoms with E-state index in [1.54, 1.807) is 6.07 Å². The molecule has 0 saturated carbocycles. The molecule has 0 spiro atoms. The molecule has 1 unspecified atom stereocenters. The number of hydrogen-bond donors (Lipinski definition) is 4. The summed E-state index contributed by atoms with van der Waals surface area (Å²) in [6.07, 6.45) is 12.2. The number of carbonyl (C=O) groups is 1. The summed E-state index contributed by atoms with van der Waals surface area (Å²) in [7, 11) is -12.8. The molecular formula is C39H53N2O11S3+. The first-order chi connectivity index (χ1) is 25.5. The molecule has 1 atom stereocenters. The Morgan fingerprint density at radius 1 is 0.800 bits per heavy atom. The van der Waals surface area contributed by atoms with Crippen LogP contribution >= 0.6 is 0 Å². The van der Waals surface area contributed by atoms with Gasteiger partial charge in [0.25, 0.3) is 30.4 Å². The third-order valence-electron chi connectivity index (χ3n) is 10.4. The van der Waals surface area contributed by atoms with Crippen LogP contribution < -0.4 is 4.90 Å². The van der Waals surface area contributed by atoms with Gasteiger partial charge in [-0.05, 0) is 109 Å². The van der Waals surface area contributed by atoms with Crippen molar-refractivity contribution in [2.45, 2.75) is 102 Å². The van der Waals surface area contributed by atoms with Gasteiger partial charge in [-0.3, -0.25) is 18.5 Å². The van der Waals surface area contributed by atoms with E-state index < -0.39 is 47.5 Å². The first-order valence-corrected chi connectivity index (χ1v) is 23.0. The Hall–Kier alpha value is -3.67. The number of aryl methyl sites for hydroxylation is 2. The summed E-state index contributed by atoms with van der Waals surface area (Å²) in [6, 6.07) is 8.63. The molecule has 0 aliphatic carbocycles. The molecule has 55 heavy (non-hydrogen) atoms. The van der Waals surface area contributed by atoms with Crippen LogP contribution in [-0.4, -0.2) is 84.9 Å². The van der Waals surface area contributed by atoms with Crippen molar-refractivity contribution in [3.8, 4) is 0 Å². The van der Waals surface area contributed by atoms with Crippen LogP contribution in [0.2, 0.25) is 0 Å². The second-order valence-electron chi connectivity index (χ2n) is 15.2. The summed E-state index contributed by atoms with van der Waals surface area (Å²) >= 11 is 0. The lowest BCUT2D eigenvalue weighted by Gasteiger charge is -2.30. The number of rotatable bonds is 19. The molecule has 0 saturated heterocycles. The van der Waals surface area contributed by atoms with Gasteiger partial charge in [-0.2, -0.15) is 29.8 Å². The van der Waals surface area contributed by atoms with E-state index in [4.69, 9.17) is 0 Å². The summed E-state index contributed by atoms with van der Waals surface area (Å²) in [5.74, 6) is -1.66. The fourth-order valence-electron chi connectivity index (χ4n) is 7.84. The number of hydrogen-bond acceptors (Lipinski definition) is 8. The highest BCUT2D eigenvalue weighted by Crippen LogP contribution is 2.51. The molecule has 0 radical (unpaired) electrons. The first-order valence-electron chi connectivity index (χ1n) is 18.3. The Morgan fingerprint density at radius 2 is 1.45 bits per heavy atom. The number of allylic oxidation sites excluding steroid dienone is 6. The van der Waals surface area contributed by atoms with Gasteiger partial charge < -0.3 is 10.0 Å². The molecule has 13 nitrogen and oxygen atoms in total. The summed E-state index contributed by atoms with van der Waals surface area (Å²) in [6.45, 7) is 11.2. The minimum absolute atomic E-state index is 0.0349. The van der Waals surface area contributed by atoms with Gasteiger partial charge in [-0.1, -0.05) is 30.2 Å².